The van der Waals surface area contributed by atoms with Gasteiger partial charge in [-0.15, -0.1) is 0 Å². The highest BCUT2D eigenvalue weighted by atomic mass is 14.9. The van der Waals surface area contributed by atoms with Crippen molar-refractivity contribution in [3.63, 3.8) is 0 Å². The lowest BCUT2D eigenvalue weighted by atomic mass is 10.0. The van der Waals surface area contributed by atoms with Gasteiger partial charge in [0.25, 0.3) is 0 Å². The molecule has 2 rings (SSSR count). The lowest BCUT2D eigenvalue weighted by Gasteiger charge is -2.09. The molecule has 15 heavy (non-hydrogen) atoms. The Kier molecular flexibility index (Phi) is 2.71. The zero-order chi connectivity index (χ0) is 10.8. The Morgan fingerprint density at radius 2 is 2.07 bits per heavy atom. The van der Waals surface area contributed by atoms with E-state index in [0.29, 0.717) is 5.92 Å². The summed E-state index contributed by atoms with van der Waals surface area (Å²) in [6.45, 7) is 6.40. The predicted octanol–water partition coefficient (Wildman–Crippen LogP) is 3.17. The molecule has 0 aliphatic heterocycles. The second-order valence-electron chi connectivity index (χ2n) is 4.00. The SMILES string of the molecule is CCC(CC)c1ncc2cc(C)[nH]c2n1. The van der Waals surface area contributed by atoms with Crippen LogP contribution in [-0.2, 0) is 0 Å². The van der Waals surface area contributed by atoms with Crippen molar-refractivity contribution < 1.29 is 0 Å². The number of aromatic amines is 1. The standard InChI is InChI=1S/C12H17N3/c1-4-9(5-2)11-13-7-10-6-8(3)14-12(10)15-11/h6-7,9H,4-5H2,1-3H3,(H,13,14,15). The molecule has 0 spiro atoms. The van der Waals surface area contributed by atoms with Crippen LogP contribution in [0.15, 0.2) is 12.3 Å². The number of nitrogens with one attached hydrogen (secondary N) is 1. The zero-order valence-corrected chi connectivity index (χ0v) is 9.54. The number of fused-ring (bicyclic) bond motifs is 1. The summed E-state index contributed by atoms with van der Waals surface area (Å²) in [5.74, 6) is 1.45. The Morgan fingerprint density at radius 1 is 1.33 bits per heavy atom. The van der Waals surface area contributed by atoms with E-state index in [1.165, 1.54) is 0 Å². The van der Waals surface area contributed by atoms with Crippen molar-refractivity contribution in [1.29, 1.82) is 0 Å². The Bertz CT molecular complexity index is 455. The van der Waals surface area contributed by atoms with Gasteiger partial charge < -0.3 is 4.98 Å². The largest absolute Gasteiger partial charge is 0.343 e. The van der Waals surface area contributed by atoms with Crippen molar-refractivity contribution >= 4 is 11.0 Å². The van der Waals surface area contributed by atoms with Crippen molar-refractivity contribution in [2.45, 2.75) is 39.5 Å². The summed E-state index contributed by atoms with van der Waals surface area (Å²) < 4.78 is 0. The predicted molar refractivity (Wildman–Crippen MR) is 61.9 cm³/mol. The van der Waals surface area contributed by atoms with Crippen LogP contribution < -0.4 is 0 Å². The molecule has 0 atom stereocenters. The molecule has 3 nitrogen and oxygen atoms in total. The molecule has 0 saturated heterocycles. The fourth-order valence-corrected chi connectivity index (χ4v) is 1.92. The lowest BCUT2D eigenvalue weighted by Crippen LogP contribution is -2.02. The number of nitrogens with zero attached hydrogens (tertiary/aromatic N) is 2. The monoisotopic (exact) mass is 203 g/mol. The maximum atomic E-state index is 4.57. The van der Waals surface area contributed by atoms with E-state index in [1.807, 2.05) is 13.1 Å². The number of hydrogen-bond acceptors (Lipinski definition) is 2. The molecule has 2 aromatic rings. The van der Waals surface area contributed by atoms with Crippen LogP contribution in [0.4, 0.5) is 0 Å². The minimum Gasteiger partial charge on any atom is -0.343 e. The molecular formula is C12H17N3. The van der Waals surface area contributed by atoms with Crippen LogP contribution in [0.2, 0.25) is 0 Å². The number of aryl methyl sites for hydroxylation is 1. The molecule has 0 amide bonds. The van der Waals surface area contributed by atoms with Crippen LogP contribution >= 0.6 is 0 Å². The van der Waals surface area contributed by atoms with Crippen LogP contribution in [0.25, 0.3) is 11.0 Å². The lowest BCUT2D eigenvalue weighted by molar-refractivity contribution is 0.604. The average molecular weight is 203 g/mol. The maximum absolute atomic E-state index is 4.57. The normalized spacial score (nSPS) is 11.5. The second-order valence-corrected chi connectivity index (χ2v) is 4.00. The minimum absolute atomic E-state index is 0.484. The van der Waals surface area contributed by atoms with Gasteiger partial charge in [0.15, 0.2) is 0 Å². The molecule has 0 aromatic carbocycles. The highest BCUT2D eigenvalue weighted by molar-refractivity contribution is 5.75. The zero-order valence-electron chi connectivity index (χ0n) is 9.54. The Balaban J connectivity index is 2.45. The topological polar surface area (TPSA) is 41.6 Å². The van der Waals surface area contributed by atoms with Crippen LogP contribution in [0, 0.1) is 6.92 Å². The van der Waals surface area contributed by atoms with E-state index in [9.17, 15) is 0 Å². The van der Waals surface area contributed by atoms with E-state index in [0.717, 1.165) is 35.4 Å². The van der Waals surface area contributed by atoms with Crippen LogP contribution in [0.5, 0.6) is 0 Å². The summed E-state index contributed by atoms with van der Waals surface area (Å²) in [5, 5.41) is 1.10. The van der Waals surface area contributed by atoms with Crippen LogP contribution in [-0.4, -0.2) is 15.0 Å². The van der Waals surface area contributed by atoms with Crippen molar-refractivity contribution in [3.8, 4) is 0 Å². The van der Waals surface area contributed by atoms with Crippen molar-refractivity contribution in [1.82, 2.24) is 15.0 Å². The van der Waals surface area contributed by atoms with E-state index in [2.05, 4.69) is 34.9 Å². The third-order valence-corrected chi connectivity index (χ3v) is 2.87. The van der Waals surface area contributed by atoms with Crippen molar-refractivity contribution in [3.05, 3.63) is 23.8 Å². The third kappa shape index (κ3) is 1.87. The summed E-state index contributed by atoms with van der Waals surface area (Å²) in [7, 11) is 0. The molecule has 0 fully saturated rings. The first-order valence-electron chi connectivity index (χ1n) is 5.56. The molecule has 0 radical (unpaired) electrons. The molecule has 2 aromatic heterocycles. The van der Waals surface area contributed by atoms with Gasteiger partial charge in [0, 0.05) is 23.2 Å². The molecule has 3 heteroatoms. The number of hydrogen-bond donors (Lipinski definition) is 1. The molecule has 1 N–H and O–H groups in total. The van der Waals surface area contributed by atoms with Gasteiger partial charge in [-0.25, -0.2) is 9.97 Å². The van der Waals surface area contributed by atoms with Gasteiger partial charge in [0.2, 0.25) is 0 Å². The summed E-state index contributed by atoms with van der Waals surface area (Å²) in [4.78, 5) is 12.3. The maximum Gasteiger partial charge on any atom is 0.141 e. The summed E-state index contributed by atoms with van der Waals surface area (Å²) >= 11 is 0. The van der Waals surface area contributed by atoms with E-state index in [4.69, 9.17) is 0 Å². The summed E-state index contributed by atoms with van der Waals surface area (Å²) in [6, 6.07) is 2.08. The molecule has 0 unspecified atom stereocenters. The molecule has 0 bridgehead atoms. The molecule has 0 aliphatic rings. The highest BCUT2D eigenvalue weighted by Gasteiger charge is 2.11. The number of rotatable bonds is 3. The Hall–Kier alpha value is -1.38. The minimum atomic E-state index is 0.484. The highest BCUT2D eigenvalue weighted by Crippen LogP contribution is 2.21. The van der Waals surface area contributed by atoms with Crippen LogP contribution in [0.3, 0.4) is 0 Å². The van der Waals surface area contributed by atoms with Crippen molar-refractivity contribution in [2.24, 2.45) is 0 Å². The molecule has 0 aliphatic carbocycles. The van der Waals surface area contributed by atoms with Gasteiger partial charge in [-0.3, -0.25) is 0 Å². The third-order valence-electron chi connectivity index (χ3n) is 2.87. The summed E-state index contributed by atoms with van der Waals surface area (Å²) in [6.07, 6.45) is 4.11. The molecule has 0 saturated carbocycles. The molecule has 2 heterocycles. The van der Waals surface area contributed by atoms with Gasteiger partial charge in [-0.05, 0) is 25.8 Å². The average Bonchev–Trinajstić information content (AvgIpc) is 2.59. The fourth-order valence-electron chi connectivity index (χ4n) is 1.92. The van der Waals surface area contributed by atoms with E-state index in [-0.39, 0.29) is 0 Å². The van der Waals surface area contributed by atoms with Gasteiger partial charge in [0.1, 0.15) is 11.5 Å². The smallest absolute Gasteiger partial charge is 0.141 e. The van der Waals surface area contributed by atoms with Gasteiger partial charge >= 0.3 is 0 Å². The van der Waals surface area contributed by atoms with Crippen molar-refractivity contribution in [2.75, 3.05) is 0 Å². The van der Waals surface area contributed by atoms with Gasteiger partial charge in [-0.1, -0.05) is 13.8 Å². The first-order chi connectivity index (χ1) is 7.24. The second kappa shape index (κ2) is 4.01. The molecular weight excluding hydrogens is 186 g/mol. The van der Waals surface area contributed by atoms with Crippen LogP contribution in [0.1, 0.15) is 44.1 Å². The Morgan fingerprint density at radius 3 is 2.73 bits per heavy atom. The van der Waals surface area contributed by atoms with E-state index in [1.54, 1.807) is 0 Å². The van der Waals surface area contributed by atoms with E-state index >= 15 is 0 Å². The summed E-state index contributed by atoms with van der Waals surface area (Å²) in [5.41, 5.74) is 2.10. The fraction of sp³-hybridized carbons (Fsp3) is 0.500. The Labute approximate surface area is 90.0 Å². The number of aromatic nitrogens is 3. The molecule has 80 valence electrons. The first-order valence-corrected chi connectivity index (χ1v) is 5.56. The number of H-pyrrole nitrogens is 1. The quantitative estimate of drug-likeness (QED) is 0.832. The first kappa shape index (κ1) is 10.1. The van der Waals surface area contributed by atoms with Gasteiger partial charge in [-0.2, -0.15) is 0 Å². The van der Waals surface area contributed by atoms with Gasteiger partial charge in [0.05, 0.1) is 0 Å². The van der Waals surface area contributed by atoms with E-state index < -0.39 is 0 Å².